The molecular formula is C20H13Br2ClN4O4. The Morgan fingerprint density at radius 1 is 1.23 bits per heavy atom. The fourth-order valence-electron chi connectivity index (χ4n) is 2.44. The second kappa shape index (κ2) is 10.5. The molecule has 31 heavy (non-hydrogen) atoms. The summed E-state index contributed by atoms with van der Waals surface area (Å²) >= 11 is 12.8. The van der Waals surface area contributed by atoms with E-state index in [-0.39, 0.29) is 23.0 Å². The van der Waals surface area contributed by atoms with E-state index in [4.69, 9.17) is 16.3 Å². The Kier molecular flexibility index (Phi) is 7.72. The summed E-state index contributed by atoms with van der Waals surface area (Å²) in [5.74, 6) is 0.0808. The summed E-state index contributed by atoms with van der Waals surface area (Å²) < 4.78 is 7.14. The van der Waals surface area contributed by atoms with Gasteiger partial charge in [0.25, 0.3) is 11.6 Å². The molecule has 0 radical (unpaired) electrons. The van der Waals surface area contributed by atoms with Crippen LogP contribution < -0.4 is 10.2 Å². The van der Waals surface area contributed by atoms with Gasteiger partial charge in [0.2, 0.25) is 0 Å². The second-order valence-electron chi connectivity index (χ2n) is 6.07. The first-order chi connectivity index (χ1) is 14.8. The second-order valence-corrected chi connectivity index (χ2v) is 8.13. The number of carbonyl (C=O) groups excluding carboxylic acids is 1. The number of aromatic nitrogens is 1. The molecule has 0 aliphatic carbocycles. The van der Waals surface area contributed by atoms with Crippen LogP contribution in [0.4, 0.5) is 5.69 Å². The Hall–Kier alpha value is -2.82. The molecule has 3 aromatic rings. The summed E-state index contributed by atoms with van der Waals surface area (Å²) in [5.41, 5.74) is 4.12. The third kappa shape index (κ3) is 6.09. The zero-order valence-electron chi connectivity index (χ0n) is 15.6. The van der Waals surface area contributed by atoms with Crippen LogP contribution in [0.5, 0.6) is 5.75 Å². The molecule has 0 unspecified atom stereocenters. The van der Waals surface area contributed by atoms with E-state index in [0.29, 0.717) is 20.3 Å². The Balaban J connectivity index is 1.64. The van der Waals surface area contributed by atoms with Crippen LogP contribution in [-0.4, -0.2) is 22.0 Å². The number of ether oxygens (including phenoxy) is 1. The number of rotatable bonds is 7. The Morgan fingerprint density at radius 2 is 1.90 bits per heavy atom. The molecular weight excluding hydrogens is 556 g/mol. The van der Waals surface area contributed by atoms with Crippen molar-refractivity contribution in [2.75, 3.05) is 0 Å². The van der Waals surface area contributed by atoms with Gasteiger partial charge in [-0.1, -0.05) is 11.6 Å². The van der Waals surface area contributed by atoms with Crippen molar-refractivity contribution in [2.24, 2.45) is 5.10 Å². The first kappa shape index (κ1) is 22.9. The number of nitro benzene ring substituents is 1. The van der Waals surface area contributed by atoms with Crippen LogP contribution >= 0.6 is 43.5 Å². The molecule has 0 aliphatic heterocycles. The summed E-state index contributed by atoms with van der Waals surface area (Å²) in [6.07, 6.45) is 2.96. The van der Waals surface area contributed by atoms with Gasteiger partial charge < -0.3 is 4.74 Å². The molecule has 2 aromatic carbocycles. The lowest BCUT2D eigenvalue weighted by Gasteiger charge is -2.11. The highest BCUT2D eigenvalue weighted by atomic mass is 79.9. The van der Waals surface area contributed by atoms with Crippen LogP contribution in [0.2, 0.25) is 5.15 Å². The van der Waals surface area contributed by atoms with Crippen molar-refractivity contribution in [3.05, 3.63) is 95.6 Å². The summed E-state index contributed by atoms with van der Waals surface area (Å²) in [6, 6.07) is 12.8. The first-order valence-electron chi connectivity index (χ1n) is 8.64. The maximum Gasteiger partial charge on any atom is 0.274 e. The quantitative estimate of drug-likeness (QED) is 0.175. The van der Waals surface area contributed by atoms with Crippen molar-refractivity contribution in [1.82, 2.24) is 10.4 Å². The number of nitrogens with one attached hydrogen (secondary N) is 1. The lowest BCUT2D eigenvalue weighted by molar-refractivity contribution is -0.384. The highest BCUT2D eigenvalue weighted by Gasteiger charge is 2.11. The molecule has 1 amide bonds. The largest absolute Gasteiger partial charge is 0.487 e. The lowest BCUT2D eigenvalue weighted by Crippen LogP contribution is -2.18. The molecule has 0 aliphatic rings. The number of nitro groups is 1. The van der Waals surface area contributed by atoms with E-state index in [1.165, 1.54) is 24.5 Å². The Morgan fingerprint density at radius 3 is 2.52 bits per heavy atom. The minimum Gasteiger partial charge on any atom is -0.487 e. The van der Waals surface area contributed by atoms with Gasteiger partial charge in [0.05, 0.1) is 25.6 Å². The topological polar surface area (TPSA) is 107 Å². The summed E-state index contributed by atoms with van der Waals surface area (Å²) in [5, 5.41) is 14.8. The Bertz CT molecular complexity index is 1130. The maximum atomic E-state index is 12.1. The fraction of sp³-hybridized carbons (Fsp3) is 0.0500. The highest BCUT2D eigenvalue weighted by molar-refractivity contribution is 9.11. The van der Waals surface area contributed by atoms with Crippen molar-refractivity contribution in [3.8, 4) is 5.75 Å². The minimum absolute atomic E-state index is 0.0210. The molecule has 0 spiro atoms. The van der Waals surface area contributed by atoms with Crippen LogP contribution in [0.1, 0.15) is 21.5 Å². The summed E-state index contributed by atoms with van der Waals surface area (Å²) in [4.78, 5) is 26.2. The van der Waals surface area contributed by atoms with Gasteiger partial charge in [-0.25, -0.2) is 10.4 Å². The number of hydrogen-bond acceptors (Lipinski definition) is 6. The lowest BCUT2D eigenvalue weighted by atomic mass is 10.2. The number of hydrogen-bond donors (Lipinski definition) is 1. The van der Waals surface area contributed by atoms with Gasteiger partial charge in [0.1, 0.15) is 17.5 Å². The zero-order valence-corrected chi connectivity index (χ0v) is 19.5. The number of halogens is 3. The summed E-state index contributed by atoms with van der Waals surface area (Å²) in [6.45, 7) is 0.227. The van der Waals surface area contributed by atoms with Crippen molar-refractivity contribution < 1.29 is 14.5 Å². The SMILES string of the molecule is O=C(NN=Cc1cc(Br)c(OCc2ccc([N+](=O)[O-])cc2)c(Br)c1)c1cccnc1Cl. The smallest absolute Gasteiger partial charge is 0.274 e. The number of pyridine rings is 1. The number of carbonyl (C=O) groups is 1. The van der Waals surface area contributed by atoms with E-state index in [2.05, 4.69) is 47.4 Å². The molecule has 1 N–H and O–H groups in total. The number of benzene rings is 2. The molecule has 11 heteroatoms. The van der Waals surface area contributed by atoms with Gasteiger partial charge in [-0.2, -0.15) is 5.10 Å². The molecule has 0 fully saturated rings. The van der Waals surface area contributed by atoms with Gasteiger partial charge in [0, 0.05) is 18.3 Å². The van der Waals surface area contributed by atoms with Crippen LogP contribution in [-0.2, 0) is 6.61 Å². The predicted octanol–water partition coefficient (Wildman–Crippen LogP) is 5.51. The van der Waals surface area contributed by atoms with Crippen LogP contribution in [0.3, 0.4) is 0 Å². The predicted molar refractivity (Wildman–Crippen MR) is 124 cm³/mol. The van der Waals surface area contributed by atoms with Crippen molar-refractivity contribution in [1.29, 1.82) is 0 Å². The van der Waals surface area contributed by atoms with Crippen LogP contribution in [0.15, 0.2) is 68.8 Å². The zero-order chi connectivity index (χ0) is 22.4. The van der Waals surface area contributed by atoms with Gasteiger partial charge in [-0.3, -0.25) is 14.9 Å². The van der Waals surface area contributed by atoms with Gasteiger partial charge in [0.15, 0.2) is 0 Å². The monoisotopic (exact) mass is 566 g/mol. The molecule has 3 rings (SSSR count). The molecule has 1 aromatic heterocycles. The molecule has 0 atom stereocenters. The van der Waals surface area contributed by atoms with Crippen molar-refractivity contribution in [2.45, 2.75) is 6.61 Å². The third-order valence-corrected chi connectivity index (χ3v) is 5.41. The number of hydrazone groups is 1. The van der Waals surface area contributed by atoms with E-state index in [1.807, 2.05) is 0 Å². The molecule has 158 valence electrons. The average molecular weight is 569 g/mol. The van der Waals surface area contributed by atoms with E-state index < -0.39 is 10.8 Å². The maximum absolute atomic E-state index is 12.1. The molecule has 1 heterocycles. The van der Waals surface area contributed by atoms with Gasteiger partial charge >= 0.3 is 0 Å². The van der Waals surface area contributed by atoms with E-state index in [0.717, 1.165) is 5.56 Å². The Labute approximate surface area is 198 Å². The molecule has 8 nitrogen and oxygen atoms in total. The van der Waals surface area contributed by atoms with Gasteiger partial charge in [-0.05, 0) is 79.4 Å². The summed E-state index contributed by atoms with van der Waals surface area (Å²) in [7, 11) is 0. The number of non-ortho nitro benzene ring substituents is 1. The van der Waals surface area contributed by atoms with Crippen molar-refractivity contribution >= 4 is 61.3 Å². The fourth-order valence-corrected chi connectivity index (χ4v) is 4.10. The molecule has 0 bridgehead atoms. The van der Waals surface area contributed by atoms with Crippen LogP contribution in [0.25, 0.3) is 0 Å². The number of amides is 1. The average Bonchev–Trinajstić information content (AvgIpc) is 2.73. The molecule has 0 saturated heterocycles. The van der Waals surface area contributed by atoms with E-state index in [1.54, 1.807) is 36.4 Å². The highest BCUT2D eigenvalue weighted by Crippen LogP contribution is 2.35. The normalized spacial score (nSPS) is 10.8. The van der Waals surface area contributed by atoms with Crippen LogP contribution in [0, 0.1) is 10.1 Å². The van der Waals surface area contributed by atoms with E-state index in [9.17, 15) is 14.9 Å². The van der Waals surface area contributed by atoms with Gasteiger partial charge in [-0.15, -0.1) is 0 Å². The van der Waals surface area contributed by atoms with Crippen molar-refractivity contribution in [3.63, 3.8) is 0 Å². The first-order valence-corrected chi connectivity index (χ1v) is 10.6. The standard InChI is InChI=1S/C20H13Br2ClN4O4/c21-16-8-13(10-25-26-20(28)15-2-1-7-24-19(15)23)9-17(22)18(16)31-11-12-3-5-14(6-4-12)27(29)30/h1-10H,11H2,(H,26,28). The number of nitrogens with zero attached hydrogens (tertiary/aromatic N) is 3. The minimum atomic E-state index is -0.476. The third-order valence-electron chi connectivity index (χ3n) is 3.93. The molecule has 0 saturated carbocycles. The van der Waals surface area contributed by atoms with E-state index >= 15 is 0 Å².